The molecule has 21 heavy (non-hydrogen) atoms. The molecule has 0 spiro atoms. The van der Waals surface area contributed by atoms with Crippen LogP contribution in [0.25, 0.3) is 17.1 Å². The third-order valence-electron chi connectivity index (χ3n) is 2.80. The largest absolute Gasteiger partial charge is 0.274 e. The highest BCUT2D eigenvalue weighted by Crippen LogP contribution is 2.26. The molecule has 0 atom stereocenters. The molecule has 7 nitrogen and oxygen atoms in total. The Labute approximate surface area is 124 Å². The van der Waals surface area contributed by atoms with E-state index in [1.165, 1.54) is 18.3 Å². The summed E-state index contributed by atoms with van der Waals surface area (Å²) < 4.78 is 1.54. The lowest BCUT2D eigenvalue weighted by atomic mass is 10.2. The van der Waals surface area contributed by atoms with Crippen molar-refractivity contribution < 1.29 is 4.92 Å². The van der Waals surface area contributed by atoms with Gasteiger partial charge in [0.25, 0.3) is 5.69 Å². The van der Waals surface area contributed by atoms with Crippen molar-refractivity contribution in [1.29, 1.82) is 0 Å². The number of nitrogens with zero attached hydrogens (tertiary/aromatic N) is 5. The van der Waals surface area contributed by atoms with E-state index in [1.54, 1.807) is 4.68 Å². The highest BCUT2D eigenvalue weighted by Gasteiger charge is 2.16. The monoisotopic (exact) mass is 301 g/mol. The van der Waals surface area contributed by atoms with Gasteiger partial charge < -0.3 is 0 Å². The molecule has 3 rings (SSSR count). The zero-order valence-electron chi connectivity index (χ0n) is 10.5. The predicted octanol–water partition coefficient (Wildman–Crippen LogP) is 2.89. The molecular formula is C13H8ClN5O2. The molecule has 104 valence electrons. The average molecular weight is 302 g/mol. The fourth-order valence-electron chi connectivity index (χ4n) is 1.89. The third-order valence-corrected chi connectivity index (χ3v) is 3.00. The summed E-state index contributed by atoms with van der Waals surface area (Å²) in [4.78, 5) is 14.5. The number of halogens is 1. The molecule has 3 aromatic rings. The Morgan fingerprint density at radius 2 is 1.95 bits per heavy atom. The molecule has 0 amide bonds. The Bertz CT molecular complexity index is 803. The Morgan fingerprint density at radius 3 is 2.67 bits per heavy atom. The first-order chi connectivity index (χ1) is 10.1. The Balaban J connectivity index is 2.15. The molecule has 1 aromatic carbocycles. The summed E-state index contributed by atoms with van der Waals surface area (Å²) in [7, 11) is 0. The van der Waals surface area contributed by atoms with E-state index in [4.69, 9.17) is 11.6 Å². The van der Waals surface area contributed by atoms with Crippen molar-refractivity contribution in [3.63, 3.8) is 0 Å². The van der Waals surface area contributed by atoms with Gasteiger partial charge >= 0.3 is 0 Å². The number of hydrogen-bond donors (Lipinski definition) is 0. The lowest BCUT2D eigenvalue weighted by Gasteiger charge is -2.05. The van der Waals surface area contributed by atoms with Crippen molar-refractivity contribution >= 4 is 17.3 Å². The number of para-hydroxylation sites is 1. The molecule has 0 aliphatic rings. The van der Waals surface area contributed by atoms with E-state index >= 15 is 0 Å². The average Bonchev–Trinajstić information content (AvgIpc) is 2.97. The van der Waals surface area contributed by atoms with Crippen LogP contribution in [-0.2, 0) is 0 Å². The topological polar surface area (TPSA) is 86.7 Å². The maximum atomic E-state index is 10.9. The van der Waals surface area contributed by atoms with Crippen LogP contribution in [0.1, 0.15) is 0 Å². The molecule has 0 aliphatic carbocycles. The summed E-state index contributed by atoms with van der Waals surface area (Å²) >= 11 is 5.84. The number of benzene rings is 1. The molecule has 0 saturated carbocycles. The minimum Gasteiger partial charge on any atom is -0.258 e. The van der Waals surface area contributed by atoms with Crippen molar-refractivity contribution in [1.82, 2.24) is 20.0 Å². The van der Waals surface area contributed by atoms with E-state index in [1.807, 2.05) is 30.3 Å². The molecule has 2 aromatic heterocycles. The SMILES string of the molecule is O=[N+]([O-])c1cc(Cl)nc(-c2cnnn2-c2ccccc2)c1. The first kappa shape index (κ1) is 13.2. The van der Waals surface area contributed by atoms with Crippen molar-refractivity contribution in [3.05, 3.63) is 63.9 Å². The van der Waals surface area contributed by atoms with Crippen LogP contribution >= 0.6 is 11.6 Å². The normalized spacial score (nSPS) is 10.5. The van der Waals surface area contributed by atoms with Gasteiger partial charge in [-0.2, -0.15) is 0 Å². The first-order valence-corrected chi connectivity index (χ1v) is 6.31. The van der Waals surface area contributed by atoms with Crippen LogP contribution in [0.5, 0.6) is 0 Å². The Morgan fingerprint density at radius 1 is 1.19 bits per heavy atom. The molecule has 0 saturated heterocycles. The fraction of sp³-hybridized carbons (Fsp3) is 0. The number of rotatable bonds is 3. The van der Waals surface area contributed by atoms with E-state index in [2.05, 4.69) is 15.3 Å². The van der Waals surface area contributed by atoms with Gasteiger partial charge in [0.2, 0.25) is 0 Å². The van der Waals surface area contributed by atoms with Crippen LogP contribution < -0.4 is 0 Å². The van der Waals surface area contributed by atoms with Crippen molar-refractivity contribution in [2.45, 2.75) is 0 Å². The summed E-state index contributed by atoms with van der Waals surface area (Å²) in [6.07, 6.45) is 1.48. The molecule has 0 fully saturated rings. The second-order valence-corrected chi connectivity index (χ2v) is 4.54. The van der Waals surface area contributed by atoms with Gasteiger partial charge in [-0.15, -0.1) is 5.10 Å². The lowest BCUT2D eigenvalue weighted by molar-refractivity contribution is -0.384. The molecule has 0 N–H and O–H groups in total. The fourth-order valence-corrected chi connectivity index (χ4v) is 2.09. The van der Waals surface area contributed by atoms with Gasteiger partial charge in [0.15, 0.2) is 0 Å². The number of hydrogen-bond acceptors (Lipinski definition) is 5. The van der Waals surface area contributed by atoms with E-state index < -0.39 is 4.92 Å². The summed E-state index contributed by atoms with van der Waals surface area (Å²) in [5, 5.41) is 18.8. The summed E-state index contributed by atoms with van der Waals surface area (Å²) in [6.45, 7) is 0. The molecule has 0 unspecified atom stereocenters. The zero-order valence-corrected chi connectivity index (χ0v) is 11.3. The van der Waals surface area contributed by atoms with Crippen LogP contribution in [0.2, 0.25) is 5.15 Å². The number of aromatic nitrogens is 4. The zero-order chi connectivity index (χ0) is 14.8. The van der Waals surface area contributed by atoms with Crippen molar-refractivity contribution in [2.24, 2.45) is 0 Å². The molecular weight excluding hydrogens is 294 g/mol. The second-order valence-electron chi connectivity index (χ2n) is 4.16. The van der Waals surface area contributed by atoms with Gasteiger partial charge in [0.1, 0.15) is 10.8 Å². The van der Waals surface area contributed by atoms with Crippen molar-refractivity contribution in [2.75, 3.05) is 0 Å². The minimum absolute atomic E-state index is 0.0417. The molecule has 8 heteroatoms. The Hall–Kier alpha value is -2.80. The molecule has 2 heterocycles. The maximum Gasteiger partial charge on any atom is 0.274 e. The summed E-state index contributed by atoms with van der Waals surface area (Å²) in [6, 6.07) is 11.8. The lowest BCUT2D eigenvalue weighted by Crippen LogP contribution is -2.00. The van der Waals surface area contributed by atoms with Crippen LogP contribution in [0.3, 0.4) is 0 Å². The smallest absolute Gasteiger partial charge is 0.258 e. The Kier molecular flexibility index (Phi) is 3.33. The molecule has 0 radical (unpaired) electrons. The van der Waals surface area contributed by atoms with Gasteiger partial charge in [0, 0.05) is 6.07 Å². The van der Waals surface area contributed by atoms with Gasteiger partial charge in [-0.3, -0.25) is 10.1 Å². The quantitative estimate of drug-likeness (QED) is 0.422. The van der Waals surface area contributed by atoms with Crippen LogP contribution in [0.4, 0.5) is 5.69 Å². The van der Waals surface area contributed by atoms with Gasteiger partial charge in [-0.1, -0.05) is 35.0 Å². The van der Waals surface area contributed by atoms with Crippen LogP contribution in [0, 0.1) is 10.1 Å². The van der Waals surface area contributed by atoms with Gasteiger partial charge in [-0.05, 0) is 12.1 Å². The molecule has 0 bridgehead atoms. The number of nitro groups is 1. The number of pyridine rings is 1. The summed E-state index contributed by atoms with van der Waals surface area (Å²) in [5.41, 5.74) is 1.50. The third kappa shape index (κ3) is 2.59. The highest BCUT2D eigenvalue weighted by molar-refractivity contribution is 6.29. The standard InChI is InChI=1S/C13H8ClN5O2/c14-13-7-10(19(20)21)6-11(16-13)12-8-15-17-18(12)9-4-2-1-3-5-9/h1-8H. The highest BCUT2D eigenvalue weighted by atomic mass is 35.5. The summed E-state index contributed by atoms with van der Waals surface area (Å²) in [5.74, 6) is 0. The van der Waals surface area contributed by atoms with Crippen LogP contribution in [-0.4, -0.2) is 24.9 Å². The van der Waals surface area contributed by atoms with E-state index in [0.717, 1.165) is 5.69 Å². The van der Waals surface area contributed by atoms with E-state index in [0.29, 0.717) is 11.4 Å². The molecule has 0 aliphatic heterocycles. The first-order valence-electron chi connectivity index (χ1n) is 5.93. The van der Waals surface area contributed by atoms with Crippen LogP contribution in [0.15, 0.2) is 48.7 Å². The van der Waals surface area contributed by atoms with E-state index in [9.17, 15) is 10.1 Å². The second kappa shape index (κ2) is 5.29. The predicted molar refractivity (Wildman–Crippen MR) is 76.3 cm³/mol. The minimum atomic E-state index is -0.520. The van der Waals surface area contributed by atoms with E-state index in [-0.39, 0.29) is 10.8 Å². The van der Waals surface area contributed by atoms with Gasteiger partial charge in [0.05, 0.1) is 28.6 Å². The maximum absolute atomic E-state index is 10.9. The van der Waals surface area contributed by atoms with Gasteiger partial charge in [-0.25, -0.2) is 9.67 Å². The van der Waals surface area contributed by atoms with Crippen molar-refractivity contribution in [3.8, 4) is 17.1 Å².